The predicted molar refractivity (Wildman–Crippen MR) is 140 cm³/mol. The Morgan fingerprint density at radius 3 is 2.76 bits per heavy atom. The Kier molecular flexibility index (Phi) is 7.07. The van der Waals surface area contributed by atoms with E-state index in [0.29, 0.717) is 12.4 Å². The highest BCUT2D eigenvalue weighted by atomic mass is 16.2. The normalized spacial score (nSPS) is 11.2. The molecule has 2 aromatic carbocycles. The predicted octanol–water partition coefficient (Wildman–Crippen LogP) is 5.91. The third kappa shape index (κ3) is 5.25. The number of aryl methyl sites for hydroxylation is 3. The number of anilines is 2. The zero-order valence-electron chi connectivity index (χ0n) is 19.4. The van der Waals surface area contributed by atoms with Crippen LogP contribution < -0.4 is 16.4 Å². The lowest BCUT2D eigenvalue weighted by molar-refractivity contribution is 0.252. The van der Waals surface area contributed by atoms with Gasteiger partial charge in [-0.3, -0.25) is 0 Å². The molecule has 4 rings (SSSR count). The molecule has 0 saturated heterocycles. The molecule has 0 atom stereocenters. The summed E-state index contributed by atoms with van der Waals surface area (Å²) in [5.41, 5.74) is 10.9. The monoisotopic (exact) mass is 448 g/mol. The highest BCUT2D eigenvalue weighted by Gasteiger charge is 2.16. The third-order valence-electron chi connectivity index (χ3n) is 5.81. The second-order valence-electron chi connectivity index (χ2n) is 8.45. The topological polar surface area (TPSA) is 97.9 Å². The van der Waals surface area contributed by atoms with Gasteiger partial charge in [0.2, 0.25) is 0 Å². The van der Waals surface area contributed by atoms with Crippen LogP contribution in [0.4, 0.5) is 16.3 Å². The molecule has 0 saturated carbocycles. The summed E-state index contributed by atoms with van der Waals surface area (Å²) in [5.74, 6) is 1.54. The summed E-state index contributed by atoms with van der Waals surface area (Å²) in [6.45, 7) is 5.62. The van der Waals surface area contributed by atoms with E-state index in [9.17, 15) is 4.79 Å². The van der Waals surface area contributed by atoms with E-state index in [4.69, 9.17) is 10.7 Å². The average molecular weight is 449 g/mol. The van der Waals surface area contributed by atoms with Crippen LogP contribution in [0.25, 0.3) is 21.9 Å². The number of unbranched alkanes of at least 4 members (excludes halogenated alkanes) is 2. The van der Waals surface area contributed by atoms with Crippen LogP contribution in [0, 0.1) is 6.92 Å². The SMILES string of the molecule is CCCCc1nc2c(N)nc3ccccc3c2n1CCCCNC(=O)Nc1cccc(C)c1.[HH].[HH]. The van der Waals surface area contributed by atoms with Gasteiger partial charge in [-0.1, -0.05) is 43.7 Å². The van der Waals surface area contributed by atoms with Crippen LogP contribution in [-0.4, -0.2) is 27.1 Å². The molecule has 2 amide bonds. The van der Waals surface area contributed by atoms with Crippen molar-refractivity contribution in [2.45, 2.75) is 52.5 Å². The average Bonchev–Trinajstić information content (AvgIpc) is 3.17. The van der Waals surface area contributed by atoms with Gasteiger partial charge in [-0.25, -0.2) is 14.8 Å². The van der Waals surface area contributed by atoms with Crippen LogP contribution in [0.15, 0.2) is 48.5 Å². The fourth-order valence-electron chi connectivity index (χ4n) is 4.17. The fourth-order valence-corrected chi connectivity index (χ4v) is 4.17. The Hall–Kier alpha value is -3.61. The van der Waals surface area contributed by atoms with Gasteiger partial charge < -0.3 is 20.9 Å². The minimum absolute atomic E-state index is 0. The van der Waals surface area contributed by atoms with Crippen molar-refractivity contribution >= 4 is 39.5 Å². The molecular formula is C26H36N6O. The Morgan fingerprint density at radius 2 is 1.94 bits per heavy atom. The van der Waals surface area contributed by atoms with E-state index in [-0.39, 0.29) is 8.88 Å². The molecule has 7 heteroatoms. The van der Waals surface area contributed by atoms with Gasteiger partial charge in [0.25, 0.3) is 0 Å². The second kappa shape index (κ2) is 10.3. The highest BCUT2D eigenvalue weighted by molar-refractivity contribution is 6.06. The van der Waals surface area contributed by atoms with E-state index >= 15 is 0 Å². The van der Waals surface area contributed by atoms with Crippen LogP contribution in [-0.2, 0) is 13.0 Å². The molecule has 0 aliphatic carbocycles. The van der Waals surface area contributed by atoms with E-state index in [0.717, 1.165) is 77.7 Å². The number of amides is 2. The maximum atomic E-state index is 12.2. The number of imidazole rings is 1. The summed E-state index contributed by atoms with van der Waals surface area (Å²) in [6.07, 6.45) is 4.89. The quantitative estimate of drug-likeness (QED) is 0.277. The Morgan fingerprint density at radius 1 is 1.09 bits per heavy atom. The first-order chi connectivity index (χ1) is 16.1. The highest BCUT2D eigenvalue weighted by Crippen LogP contribution is 2.29. The molecule has 0 spiro atoms. The molecule has 2 aromatic heterocycles. The lowest BCUT2D eigenvalue weighted by atomic mass is 10.2. The number of urea groups is 1. The van der Waals surface area contributed by atoms with Gasteiger partial charge in [0.1, 0.15) is 11.3 Å². The van der Waals surface area contributed by atoms with E-state index < -0.39 is 0 Å². The van der Waals surface area contributed by atoms with Crippen molar-refractivity contribution in [2.75, 3.05) is 17.6 Å². The first kappa shape index (κ1) is 22.6. The van der Waals surface area contributed by atoms with Crippen molar-refractivity contribution in [1.29, 1.82) is 0 Å². The largest absolute Gasteiger partial charge is 0.382 e. The van der Waals surface area contributed by atoms with Crippen LogP contribution in [0.2, 0.25) is 0 Å². The van der Waals surface area contributed by atoms with Crippen molar-refractivity contribution in [2.24, 2.45) is 0 Å². The first-order valence-electron chi connectivity index (χ1n) is 11.7. The molecule has 33 heavy (non-hydrogen) atoms. The lowest BCUT2D eigenvalue weighted by Crippen LogP contribution is -2.29. The minimum atomic E-state index is -0.179. The second-order valence-corrected chi connectivity index (χ2v) is 8.45. The van der Waals surface area contributed by atoms with Crippen molar-refractivity contribution in [1.82, 2.24) is 19.9 Å². The molecule has 0 aliphatic heterocycles. The first-order valence-corrected chi connectivity index (χ1v) is 11.7. The van der Waals surface area contributed by atoms with Crippen LogP contribution in [0.3, 0.4) is 0 Å². The van der Waals surface area contributed by atoms with Crippen LogP contribution in [0.5, 0.6) is 0 Å². The summed E-state index contributed by atoms with van der Waals surface area (Å²) in [4.78, 5) is 21.6. The number of hydrogen-bond donors (Lipinski definition) is 3. The smallest absolute Gasteiger partial charge is 0.319 e. The standard InChI is InChI=1S/C26H32N6O.2H2/c1-3-4-14-22-31-23-24(20-12-5-6-13-21(20)30-25(23)27)32(22)16-8-7-15-28-26(33)29-19-11-9-10-18(2)17-19;;/h5-6,9-13,17H,3-4,7-8,14-16H2,1-2H3,(H2,27,30)(H2,28,29,33);2*1H. The Labute approximate surface area is 197 Å². The number of hydrogen-bond acceptors (Lipinski definition) is 4. The molecule has 7 nitrogen and oxygen atoms in total. The summed E-state index contributed by atoms with van der Waals surface area (Å²) in [7, 11) is 0. The summed E-state index contributed by atoms with van der Waals surface area (Å²) in [5, 5.41) is 6.91. The number of carbonyl (C=O) groups excluding carboxylic acids is 1. The van der Waals surface area contributed by atoms with Crippen molar-refractivity contribution in [3.8, 4) is 0 Å². The van der Waals surface area contributed by atoms with Gasteiger partial charge in [0.15, 0.2) is 5.82 Å². The zero-order chi connectivity index (χ0) is 23.2. The number of nitrogens with zero attached hydrogens (tertiary/aromatic N) is 3. The Balaban J connectivity index is 0.00000216. The molecule has 0 unspecified atom stereocenters. The molecule has 2 heterocycles. The minimum Gasteiger partial charge on any atom is -0.382 e. The molecule has 4 N–H and O–H groups in total. The number of nitrogen functional groups attached to an aromatic ring is 1. The third-order valence-corrected chi connectivity index (χ3v) is 5.81. The number of fused-ring (bicyclic) bond motifs is 3. The summed E-state index contributed by atoms with van der Waals surface area (Å²) in [6, 6.07) is 15.7. The molecule has 0 aliphatic rings. The summed E-state index contributed by atoms with van der Waals surface area (Å²) < 4.78 is 2.30. The maximum Gasteiger partial charge on any atom is 0.319 e. The zero-order valence-corrected chi connectivity index (χ0v) is 19.4. The van der Waals surface area contributed by atoms with Gasteiger partial charge in [0, 0.05) is 33.4 Å². The van der Waals surface area contributed by atoms with Gasteiger partial charge in [-0.05, 0) is 49.9 Å². The van der Waals surface area contributed by atoms with E-state index in [1.807, 2.05) is 49.4 Å². The number of nitrogens with one attached hydrogen (secondary N) is 2. The molecule has 176 valence electrons. The number of para-hydroxylation sites is 1. The Bertz CT molecular complexity index is 1270. The van der Waals surface area contributed by atoms with E-state index in [1.165, 1.54) is 0 Å². The van der Waals surface area contributed by atoms with Gasteiger partial charge in [-0.15, -0.1) is 0 Å². The summed E-state index contributed by atoms with van der Waals surface area (Å²) >= 11 is 0. The number of carbonyl (C=O) groups is 1. The van der Waals surface area contributed by atoms with Gasteiger partial charge in [0.05, 0.1) is 11.0 Å². The maximum absolute atomic E-state index is 12.2. The van der Waals surface area contributed by atoms with Crippen molar-refractivity contribution < 1.29 is 7.65 Å². The van der Waals surface area contributed by atoms with Crippen molar-refractivity contribution in [3.05, 3.63) is 59.9 Å². The van der Waals surface area contributed by atoms with Gasteiger partial charge >= 0.3 is 6.03 Å². The fraction of sp³-hybridized carbons (Fsp3) is 0.346. The number of benzene rings is 2. The van der Waals surface area contributed by atoms with E-state index in [2.05, 4.69) is 33.2 Å². The van der Waals surface area contributed by atoms with Crippen LogP contribution in [0.1, 0.15) is 46.8 Å². The number of aromatic nitrogens is 3. The van der Waals surface area contributed by atoms with Gasteiger partial charge in [-0.2, -0.15) is 0 Å². The number of pyridine rings is 1. The van der Waals surface area contributed by atoms with Crippen LogP contribution >= 0.6 is 0 Å². The molecule has 4 aromatic rings. The lowest BCUT2D eigenvalue weighted by Gasteiger charge is -2.12. The molecule has 0 radical (unpaired) electrons. The van der Waals surface area contributed by atoms with Crippen molar-refractivity contribution in [3.63, 3.8) is 0 Å². The molecular weight excluding hydrogens is 412 g/mol. The molecule has 0 bridgehead atoms. The van der Waals surface area contributed by atoms with E-state index in [1.54, 1.807) is 0 Å². The molecule has 0 fully saturated rings. The number of rotatable bonds is 9. The number of nitrogens with two attached hydrogens (primary N) is 1.